The normalized spacial score (nSPS) is 23.3. The standard InChI is InChI=1S/C46H55ClFN3O9/c1-3-24-58-46-41(51(45(55)57-25-21-47)30-32-15-17-34(48)18-16-32)28-39(50-56-2)37-26-33(13-7-9-22-52)36(14-8-10-23-53)42(43(37)46)38-27-35(19-20-40(38)60-46)59-44(54)49-29-31-11-5-4-6-12-31/h3-6,11-12,15-20,26-27,33,36,41-43,52-53H,1,7-10,13-14,21-25,28-30H2,2H3,(H,49,54)/t33-,36+,41-,42+,43+,46+/m0/s1. The molecule has 0 aromatic heterocycles. The second-order valence-electron chi connectivity index (χ2n) is 15.2. The Morgan fingerprint density at radius 2 is 1.78 bits per heavy atom. The lowest BCUT2D eigenvalue weighted by atomic mass is 9.55. The molecule has 14 heteroatoms. The maximum absolute atomic E-state index is 14.3. The van der Waals surface area contributed by atoms with Gasteiger partial charge in [-0.2, -0.15) is 0 Å². The zero-order valence-corrected chi connectivity index (χ0v) is 34.7. The van der Waals surface area contributed by atoms with Crippen LogP contribution in [0, 0.1) is 23.6 Å². The average Bonchev–Trinajstić information content (AvgIpc) is 3.26. The lowest BCUT2D eigenvalue weighted by Crippen LogP contribution is -2.70. The smallest absolute Gasteiger partial charge is 0.412 e. The van der Waals surface area contributed by atoms with E-state index >= 15 is 0 Å². The minimum atomic E-state index is -1.56. The van der Waals surface area contributed by atoms with Crippen molar-refractivity contribution in [1.82, 2.24) is 10.2 Å². The molecule has 2 amide bonds. The summed E-state index contributed by atoms with van der Waals surface area (Å²) in [5, 5.41) is 27.1. The molecule has 1 aliphatic heterocycles. The van der Waals surface area contributed by atoms with Gasteiger partial charge in [0.15, 0.2) is 0 Å². The van der Waals surface area contributed by atoms with Gasteiger partial charge in [0.05, 0.1) is 24.1 Å². The van der Waals surface area contributed by atoms with E-state index in [1.165, 1.54) is 24.1 Å². The molecule has 3 N–H and O–H groups in total. The Kier molecular flexibility index (Phi) is 16.0. The molecule has 0 bridgehead atoms. The summed E-state index contributed by atoms with van der Waals surface area (Å²) in [7, 11) is 1.47. The third-order valence-electron chi connectivity index (χ3n) is 11.5. The van der Waals surface area contributed by atoms with Crippen molar-refractivity contribution in [3.8, 4) is 11.5 Å². The number of aliphatic hydroxyl groups is 2. The number of fused-ring (bicyclic) bond motifs is 2. The van der Waals surface area contributed by atoms with Gasteiger partial charge in [-0.15, -0.1) is 18.2 Å². The molecule has 6 atom stereocenters. The summed E-state index contributed by atoms with van der Waals surface area (Å²) in [6.07, 6.45) is 6.88. The lowest BCUT2D eigenvalue weighted by molar-refractivity contribution is -0.256. The molecule has 60 heavy (non-hydrogen) atoms. The number of nitrogens with zero attached hydrogens (tertiary/aromatic N) is 2. The zero-order valence-electron chi connectivity index (χ0n) is 34.0. The molecule has 322 valence electrons. The van der Waals surface area contributed by atoms with E-state index in [-0.39, 0.29) is 69.6 Å². The molecule has 0 spiro atoms. The topological polar surface area (TPSA) is 148 Å². The van der Waals surface area contributed by atoms with Crippen molar-refractivity contribution >= 4 is 29.5 Å². The maximum atomic E-state index is 14.3. The number of halogens is 2. The minimum Gasteiger partial charge on any atom is -0.459 e. The highest BCUT2D eigenvalue weighted by atomic mass is 35.5. The van der Waals surface area contributed by atoms with E-state index < -0.39 is 35.8 Å². The fourth-order valence-corrected chi connectivity index (χ4v) is 9.11. The third-order valence-corrected chi connectivity index (χ3v) is 11.7. The molecule has 3 aromatic carbocycles. The second kappa shape index (κ2) is 21.5. The van der Waals surface area contributed by atoms with Crippen LogP contribution < -0.4 is 14.8 Å². The largest absolute Gasteiger partial charge is 0.459 e. The molecular formula is C46H55ClFN3O9. The number of amides is 2. The van der Waals surface area contributed by atoms with Crippen LogP contribution in [0.2, 0.25) is 0 Å². The molecule has 12 nitrogen and oxygen atoms in total. The van der Waals surface area contributed by atoms with Crippen molar-refractivity contribution < 1.29 is 48.0 Å². The van der Waals surface area contributed by atoms with Gasteiger partial charge in [-0.3, -0.25) is 4.90 Å². The number of nitrogens with one attached hydrogen (secondary N) is 1. The number of oxime groups is 1. The Hall–Kier alpha value is -4.95. The Labute approximate surface area is 355 Å². The number of aliphatic hydroxyl groups excluding tert-OH is 2. The maximum Gasteiger partial charge on any atom is 0.412 e. The van der Waals surface area contributed by atoms with Gasteiger partial charge in [0.25, 0.3) is 0 Å². The first-order valence-electron chi connectivity index (χ1n) is 20.6. The van der Waals surface area contributed by atoms with Crippen molar-refractivity contribution in [1.29, 1.82) is 0 Å². The van der Waals surface area contributed by atoms with Crippen molar-refractivity contribution in [3.05, 3.63) is 120 Å². The number of hydrogen-bond acceptors (Lipinski definition) is 10. The van der Waals surface area contributed by atoms with Gasteiger partial charge in [0.1, 0.15) is 37.1 Å². The van der Waals surface area contributed by atoms with E-state index in [1.54, 1.807) is 30.3 Å². The number of ether oxygens (including phenoxy) is 4. The SMILES string of the molecule is C=CCO[C@@]12Oc3ccc(OC(=O)NCc4ccccc4)cc3[C@H]3[C@H](CCCCO)[C@@H](CCCCO)C=C(C(=NOC)C[C@@H]1N(Cc1ccc(F)cc1)C(=O)OCCCl)[C@H]32. The fourth-order valence-electron chi connectivity index (χ4n) is 9.03. The molecule has 3 aromatic rings. The van der Waals surface area contributed by atoms with Crippen LogP contribution in [0.1, 0.15) is 67.6 Å². The minimum absolute atomic E-state index is 0.00379. The number of benzene rings is 3. The number of allylic oxidation sites excluding steroid dienone is 1. The number of alkyl halides is 1. The van der Waals surface area contributed by atoms with Crippen LogP contribution in [0.25, 0.3) is 0 Å². The highest BCUT2D eigenvalue weighted by Crippen LogP contribution is 2.62. The van der Waals surface area contributed by atoms with Gasteiger partial charge in [0, 0.05) is 44.2 Å². The van der Waals surface area contributed by atoms with Gasteiger partial charge >= 0.3 is 12.2 Å². The van der Waals surface area contributed by atoms with Gasteiger partial charge in [-0.05, 0) is 84.6 Å². The predicted octanol–water partition coefficient (Wildman–Crippen LogP) is 8.26. The van der Waals surface area contributed by atoms with E-state index in [0.717, 1.165) is 36.0 Å². The number of carbonyl (C=O) groups is 2. The van der Waals surface area contributed by atoms with Crippen LogP contribution in [0.3, 0.4) is 0 Å². The van der Waals surface area contributed by atoms with Gasteiger partial charge in [0.2, 0.25) is 5.79 Å². The first-order chi connectivity index (χ1) is 29.3. The van der Waals surface area contributed by atoms with Crippen molar-refractivity contribution in [3.63, 3.8) is 0 Å². The summed E-state index contributed by atoms with van der Waals surface area (Å²) in [4.78, 5) is 34.5. The fraction of sp³-hybridized carbons (Fsp3) is 0.457. The molecule has 1 saturated carbocycles. The molecule has 0 unspecified atom stereocenters. The van der Waals surface area contributed by atoms with Gasteiger partial charge < -0.3 is 39.3 Å². The number of hydrogen-bond donors (Lipinski definition) is 3. The van der Waals surface area contributed by atoms with Crippen LogP contribution in [0.4, 0.5) is 14.0 Å². The average molecular weight is 848 g/mol. The summed E-state index contributed by atoms with van der Waals surface area (Å²) in [6.45, 7) is 4.34. The molecule has 0 radical (unpaired) electrons. The predicted molar refractivity (Wildman–Crippen MR) is 225 cm³/mol. The van der Waals surface area contributed by atoms with E-state index in [9.17, 15) is 24.2 Å². The van der Waals surface area contributed by atoms with Gasteiger partial charge in [-0.1, -0.05) is 72.6 Å². The number of carbonyl (C=O) groups excluding carboxylic acids is 2. The zero-order chi connectivity index (χ0) is 42.5. The molecule has 1 fully saturated rings. The van der Waals surface area contributed by atoms with E-state index in [0.29, 0.717) is 42.0 Å². The molecule has 2 aliphatic carbocycles. The third kappa shape index (κ3) is 10.3. The van der Waals surface area contributed by atoms with Crippen LogP contribution in [0.15, 0.2) is 102 Å². The van der Waals surface area contributed by atoms with E-state index in [1.807, 2.05) is 36.4 Å². The van der Waals surface area contributed by atoms with Crippen molar-refractivity contribution in [2.45, 2.75) is 75.8 Å². The Bertz CT molecular complexity index is 1970. The van der Waals surface area contributed by atoms with Crippen LogP contribution in [-0.4, -0.2) is 84.3 Å². The molecule has 0 saturated heterocycles. The summed E-state index contributed by atoms with van der Waals surface area (Å²) < 4.78 is 39.9. The monoisotopic (exact) mass is 847 g/mol. The van der Waals surface area contributed by atoms with Crippen molar-refractivity contribution in [2.24, 2.45) is 22.9 Å². The van der Waals surface area contributed by atoms with Crippen LogP contribution >= 0.6 is 11.6 Å². The second-order valence-corrected chi connectivity index (χ2v) is 15.6. The first kappa shape index (κ1) is 44.6. The molecule has 6 rings (SSSR count). The van der Waals surface area contributed by atoms with Crippen LogP contribution in [0.5, 0.6) is 11.5 Å². The summed E-state index contributed by atoms with van der Waals surface area (Å²) >= 11 is 6.02. The highest BCUT2D eigenvalue weighted by molar-refractivity contribution is 6.18. The Morgan fingerprint density at radius 3 is 2.48 bits per heavy atom. The summed E-state index contributed by atoms with van der Waals surface area (Å²) in [5.74, 6) is -2.15. The lowest BCUT2D eigenvalue weighted by Gasteiger charge is -2.59. The van der Waals surface area contributed by atoms with Gasteiger partial charge in [-0.25, -0.2) is 14.0 Å². The van der Waals surface area contributed by atoms with Crippen LogP contribution in [-0.2, 0) is 27.4 Å². The Balaban J connectivity index is 1.53. The van der Waals surface area contributed by atoms with Crippen molar-refractivity contribution in [2.75, 3.05) is 39.4 Å². The van der Waals surface area contributed by atoms with E-state index in [4.69, 9.17) is 35.4 Å². The summed E-state index contributed by atoms with van der Waals surface area (Å²) in [5.41, 5.74) is 3.77. The summed E-state index contributed by atoms with van der Waals surface area (Å²) in [6, 6.07) is 19.8. The Morgan fingerprint density at radius 1 is 1.03 bits per heavy atom. The quantitative estimate of drug-likeness (QED) is 0.0443. The highest BCUT2D eigenvalue weighted by Gasteiger charge is 2.65. The molecular weight excluding hydrogens is 793 g/mol. The number of rotatable bonds is 20. The number of unbranched alkanes of at least 4 members (excludes halogenated alkanes) is 2. The molecule has 1 heterocycles. The first-order valence-corrected chi connectivity index (χ1v) is 21.1. The van der Waals surface area contributed by atoms with E-state index in [2.05, 4.69) is 23.1 Å². The molecule has 3 aliphatic rings.